The zero-order valence-electron chi connectivity index (χ0n) is 12.7. The number of hydrogen-bond acceptors (Lipinski definition) is 4. The Hall–Kier alpha value is -0.780. The lowest BCUT2D eigenvalue weighted by atomic mass is 10.2. The van der Waals surface area contributed by atoms with Gasteiger partial charge in [0.1, 0.15) is 15.6 Å². The molecule has 6 heteroatoms. The maximum Gasteiger partial charge on any atom is 0.150 e. The van der Waals surface area contributed by atoms with Gasteiger partial charge in [0.15, 0.2) is 0 Å². The van der Waals surface area contributed by atoms with Crippen LogP contribution >= 0.6 is 11.6 Å². The minimum atomic E-state index is -2.92. The first-order chi connectivity index (χ1) is 9.98. The topological polar surface area (TPSA) is 55.4 Å². The predicted octanol–water partition coefficient (Wildman–Crippen LogP) is 3.04. The van der Waals surface area contributed by atoms with E-state index in [0.717, 1.165) is 25.1 Å². The second-order valence-electron chi connectivity index (χ2n) is 4.88. The van der Waals surface area contributed by atoms with E-state index in [1.54, 1.807) is 6.92 Å². The highest BCUT2D eigenvalue weighted by Crippen LogP contribution is 2.25. The van der Waals surface area contributed by atoms with E-state index in [-0.39, 0.29) is 11.5 Å². The normalized spacial score (nSPS) is 11.6. The van der Waals surface area contributed by atoms with Crippen LogP contribution in [0.5, 0.6) is 5.75 Å². The molecule has 0 aromatic heterocycles. The highest BCUT2D eigenvalue weighted by Gasteiger charge is 2.08. The van der Waals surface area contributed by atoms with Gasteiger partial charge < -0.3 is 10.1 Å². The first-order valence-electron chi connectivity index (χ1n) is 7.31. The van der Waals surface area contributed by atoms with Crippen molar-refractivity contribution < 1.29 is 13.2 Å². The largest absolute Gasteiger partial charge is 0.492 e. The molecule has 0 bridgehead atoms. The molecule has 4 nitrogen and oxygen atoms in total. The van der Waals surface area contributed by atoms with E-state index in [4.69, 9.17) is 16.3 Å². The summed E-state index contributed by atoms with van der Waals surface area (Å²) < 4.78 is 28.3. The van der Waals surface area contributed by atoms with Crippen molar-refractivity contribution in [2.45, 2.75) is 33.2 Å². The van der Waals surface area contributed by atoms with Crippen LogP contribution in [0.4, 0.5) is 0 Å². The average molecular weight is 334 g/mol. The first-order valence-corrected chi connectivity index (χ1v) is 9.50. The second-order valence-corrected chi connectivity index (χ2v) is 7.76. The molecular formula is C15H24ClNO3S. The lowest BCUT2D eigenvalue weighted by molar-refractivity contribution is 0.318. The van der Waals surface area contributed by atoms with Crippen LogP contribution in [0.15, 0.2) is 18.2 Å². The van der Waals surface area contributed by atoms with Crippen molar-refractivity contribution in [2.24, 2.45) is 0 Å². The van der Waals surface area contributed by atoms with Crippen LogP contribution < -0.4 is 10.1 Å². The Morgan fingerprint density at radius 2 is 2.05 bits per heavy atom. The summed E-state index contributed by atoms with van der Waals surface area (Å²) in [6.07, 6.45) is 1.57. The monoisotopic (exact) mass is 333 g/mol. The minimum Gasteiger partial charge on any atom is -0.492 e. The maximum atomic E-state index is 11.4. The quantitative estimate of drug-likeness (QED) is 0.669. The van der Waals surface area contributed by atoms with Crippen LogP contribution in [0.25, 0.3) is 0 Å². The fraction of sp³-hybridized carbons (Fsp3) is 0.600. The van der Waals surface area contributed by atoms with Crippen molar-refractivity contribution in [3.8, 4) is 5.75 Å². The number of nitrogens with one attached hydrogen (secondary N) is 1. The lowest BCUT2D eigenvalue weighted by Crippen LogP contribution is -2.14. The van der Waals surface area contributed by atoms with Crippen molar-refractivity contribution in [1.82, 2.24) is 5.32 Å². The minimum absolute atomic E-state index is 0.153. The van der Waals surface area contributed by atoms with Crippen molar-refractivity contribution in [2.75, 3.05) is 24.7 Å². The van der Waals surface area contributed by atoms with Gasteiger partial charge in [-0.1, -0.05) is 31.5 Å². The molecule has 120 valence electrons. The SMILES string of the molecule is CCCNCc1ccc(OCCCS(=O)(=O)CC)c(Cl)c1. The molecule has 1 rings (SSSR count). The summed E-state index contributed by atoms with van der Waals surface area (Å²) in [6, 6.07) is 5.68. The molecule has 1 aromatic rings. The van der Waals surface area contributed by atoms with Gasteiger partial charge in [0, 0.05) is 12.3 Å². The number of rotatable bonds is 10. The fourth-order valence-electron chi connectivity index (χ4n) is 1.79. The van der Waals surface area contributed by atoms with E-state index in [0.29, 0.717) is 23.8 Å². The molecule has 0 amide bonds. The van der Waals surface area contributed by atoms with Gasteiger partial charge >= 0.3 is 0 Å². The molecule has 1 N–H and O–H groups in total. The van der Waals surface area contributed by atoms with Crippen LogP contribution in [0.2, 0.25) is 5.02 Å². The van der Waals surface area contributed by atoms with Crippen LogP contribution in [0.3, 0.4) is 0 Å². The van der Waals surface area contributed by atoms with Crippen LogP contribution in [0.1, 0.15) is 32.3 Å². The summed E-state index contributed by atoms with van der Waals surface area (Å²) in [6.45, 7) is 5.88. The third-order valence-electron chi connectivity index (χ3n) is 3.05. The second kappa shape index (κ2) is 9.28. The van der Waals surface area contributed by atoms with E-state index in [2.05, 4.69) is 12.2 Å². The smallest absolute Gasteiger partial charge is 0.150 e. The Labute approximate surface area is 132 Å². The van der Waals surface area contributed by atoms with Gasteiger partial charge in [-0.25, -0.2) is 8.42 Å². The zero-order chi connectivity index (χ0) is 15.7. The Kier molecular flexibility index (Phi) is 8.07. The third kappa shape index (κ3) is 7.16. The molecule has 0 saturated carbocycles. The highest BCUT2D eigenvalue weighted by atomic mass is 35.5. The van der Waals surface area contributed by atoms with Crippen LogP contribution in [0, 0.1) is 0 Å². The van der Waals surface area contributed by atoms with E-state index in [9.17, 15) is 8.42 Å². The Morgan fingerprint density at radius 1 is 1.29 bits per heavy atom. The number of halogens is 1. The van der Waals surface area contributed by atoms with Crippen molar-refractivity contribution in [1.29, 1.82) is 0 Å². The Balaban J connectivity index is 2.42. The molecule has 21 heavy (non-hydrogen) atoms. The third-order valence-corrected chi connectivity index (χ3v) is 5.13. The van der Waals surface area contributed by atoms with Gasteiger partial charge in [0.25, 0.3) is 0 Å². The summed E-state index contributed by atoms with van der Waals surface area (Å²) >= 11 is 6.17. The van der Waals surface area contributed by atoms with E-state index in [1.165, 1.54) is 0 Å². The fourth-order valence-corrected chi connectivity index (χ4v) is 2.89. The first kappa shape index (κ1) is 18.3. The molecule has 0 aliphatic carbocycles. The number of sulfone groups is 1. The van der Waals surface area contributed by atoms with Gasteiger partial charge in [-0.05, 0) is 37.1 Å². The predicted molar refractivity (Wildman–Crippen MR) is 87.9 cm³/mol. The highest BCUT2D eigenvalue weighted by molar-refractivity contribution is 7.91. The van der Waals surface area contributed by atoms with Crippen LogP contribution in [-0.4, -0.2) is 33.1 Å². The van der Waals surface area contributed by atoms with Gasteiger partial charge in [-0.15, -0.1) is 0 Å². The summed E-state index contributed by atoms with van der Waals surface area (Å²) in [4.78, 5) is 0. The van der Waals surface area contributed by atoms with Gasteiger partial charge in [0.05, 0.1) is 17.4 Å². The van der Waals surface area contributed by atoms with E-state index >= 15 is 0 Å². The summed E-state index contributed by atoms with van der Waals surface area (Å²) in [7, 11) is -2.92. The molecule has 0 fully saturated rings. The molecule has 0 aliphatic rings. The molecule has 0 saturated heterocycles. The maximum absolute atomic E-state index is 11.4. The summed E-state index contributed by atoms with van der Waals surface area (Å²) in [5.74, 6) is 0.928. The number of hydrogen-bond donors (Lipinski definition) is 1. The average Bonchev–Trinajstić information content (AvgIpc) is 2.45. The summed E-state index contributed by atoms with van der Waals surface area (Å²) in [5.41, 5.74) is 1.11. The molecule has 0 heterocycles. The zero-order valence-corrected chi connectivity index (χ0v) is 14.3. The van der Waals surface area contributed by atoms with Crippen molar-refractivity contribution in [3.63, 3.8) is 0 Å². The standard InChI is InChI=1S/C15H24ClNO3S/c1-3-8-17-12-13-6-7-15(14(16)11-13)20-9-5-10-21(18,19)4-2/h6-7,11,17H,3-5,8-10,12H2,1-2H3. The van der Waals surface area contributed by atoms with E-state index < -0.39 is 9.84 Å². The van der Waals surface area contributed by atoms with Gasteiger partial charge in [0.2, 0.25) is 0 Å². The number of benzene rings is 1. The van der Waals surface area contributed by atoms with Crippen molar-refractivity contribution in [3.05, 3.63) is 28.8 Å². The number of ether oxygens (including phenoxy) is 1. The molecule has 0 atom stereocenters. The molecular weight excluding hydrogens is 310 g/mol. The van der Waals surface area contributed by atoms with Gasteiger partial charge in [-0.2, -0.15) is 0 Å². The van der Waals surface area contributed by atoms with E-state index in [1.807, 2.05) is 18.2 Å². The molecule has 1 aromatic carbocycles. The van der Waals surface area contributed by atoms with Crippen molar-refractivity contribution >= 4 is 21.4 Å². The molecule has 0 unspecified atom stereocenters. The summed E-state index contributed by atoms with van der Waals surface area (Å²) in [5, 5.41) is 3.87. The van der Waals surface area contributed by atoms with Crippen LogP contribution in [-0.2, 0) is 16.4 Å². The molecule has 0 aliphatic heterocycles. The lowest BCUT2D eigenvalue weighted by Gasteiger charge is -2.10. The van der Waals surface area contributed by atoms with Gasteiger partial charge in [-0.3, -0.25) is 0 Å². The molecule has 0 radical (unpaired) electrons. The molecule has 0 spiro atoms. The Bertz CT molecular complexity index is 532. The Morgan fingerprint density at radius 3 is 2.67 bits per heavy atom.